The number of rotatable bonds is 4. The molecule has 0 aliphatic heterocycles. The van der Waals surface area contributed by atoms with E-state index in [0.29, 0.717) is 17.0 Å². The van der Waals surface area contributed by atoms with Gasteiger partial charge in [-0.3, -0.25) is 4.79 Å². The number of methoxy groups -OCH3 is 1. The molecule has 1 amide bonds. The Morgan fingerprint density at radius 2 is 1.94 bits per heavy atom. The van der Waals surface area contributed by atoms with Gasteiger partial charge in [-0.2, -0.15) is 0 Å². The summed E-state index contributed by atoms with van der Waals surface area (Å²) in [5, 5.41) is 3.15. The van der Waals surface area contributed by atoms with Crippen LogP contribution in [0.2, 0.25) is 5.02 Å². The molecular weight excluding hydrogens is 242 g/mol. The second-order valence-corrected chi connectivity index (χ2v) is 3.90. The van der Waals surface area contributed by atoms with E-state index in [2.05, 4.69) is 10.1 Å². The van der Waals surface area contributed by atoms with Gasteiger partial charge in [-0.25, -0.2) is 4.79 Å². The summed E-state index contributed by atoms with van der Waals surface area (Å²) in [6.07, 6.45) is 0.478. The third-order valence-electron chi connectivity index (χ3n) is 2.31. The van der Waals surface area contributed by atoms with Crippen LogP contribution in [0.4, 0.5) is 0 Å². The van der Waals surface area contributed by atoms with Crippen LogP contribution in [0.5, 0.6) is 0 Å². The van der Waals surface area contributed by atoms with E-state index >= 15 is 0 Å². The highest BCUT2D eigenvalue weighted by atomic mass is 35.5. The molecule has 0 fully saturated rings. The number of amides is 1. The Labute approximate surface area is 105 Å². The lowest BCUT2D eigenvalue weighted by Crippen LogP contribution is -2.40. The van der Waals surface area contributed by atoms with E-state index in [1.165, 1.54) is 7.11 Å². The highest BCUT2D eigenvalue weighted by Crippen LogP contribution is 2.09. The molecule has 1 aromatic carbocycles. The Morgan fingerprint density at radius 3 is 2.41 bits per heavy atom. The van der Waals surface area contributed by atoms with Gasteiger partial charge in [-0.15, -0.1) is 0 Å². The van der Waals surface area contributed by atoms with Gasteiger partial charge < -0.3 is 10.1 Å². The molecule has 0 radical (unpaired) electrons. The number of benzene rings is 1. The Hall–Kier alpha value is -1.55. The maximum atomic E-state index is 11.8. The first-order valence-corrected chi connectivity index (χ1v) is 5.60. The molecule has 0 aliphatic carbocycles. The van der Waals surface area contributed by atoms with Crippen LogP contribution in [0, 0.1) is 0 Å². The molecule has 1 rings (SSSR count). The second kappa shape index (κ2) is 6.25. The molecule has 0 heterocycles. The fourth-order valence-electron chi connectivity index (χ4n) is 1.31. The average molecular weight is 256 g/mol. The summed E-state index contributed by atoms with van der Waals surface area (Å²) in [5.41, 5.74) is 0.455. The highest BCUT2D eigenvalue weighted by Gasteiger charge is 2.19. The molecule has 1 aromatic rings. The Balaban J connectivity index is 2.71. The van der Waals surface area contributed by atoms with E-state index in [1.54, 1.807) is 31.2 Å². The maximum absolute atomic E-state index is 11.8. The zero-order valence-corrected chi connectivity index (χ0v) is 10.5. The molecule has 92 valence electrons. The molecule has 1 atom stereocenters. The van der Waals surface area contributed by atoms with Gasteiger partial charge >= 0.3 is 5.97 Å². The van der Waals surface area contributed by atoms with Gasteiger partial charge in [0.1, 0.15) is 6.04 Å². The van der Waals surface area contributed by atoms with Gasteiger partial charge in [0, 0.05) is 10.6 Å². The Morgan fingerprint density at radius 1 is 1.35 bits per heavy atom. The van der Waals surface area contributed by atoms with Crippen LogP contribution in [0.3, 0.4) is 0 Å². The minimum atomic E-state index is -0.622. The molecule has 0 spiro atoms. The van der Waals surface area contributed by atoms with Crippen molar-refractivity contribution >= 4 is 23.5 Å². The monoisotopic (exact) mass is 255 g/mol. The van der Waals surface area contributed by atoms with Gasteiger partial charge in [-0.1, -0.05) is 18.5 Å². The number of halogens is 1. The number of carbonyl (C=O) groups is 2. The number of nitrogens with one attached hydrogen (secondary N) is 1. The third kappa shape index (κ3) is 3.75. The van der Waals surface area contributed by atoms with E-state index in [9.17, 15) is 9.59 Å². The van der Waals surface area contributed by atoms with Crippen molar-refractivity contribution in [3.63, 3.8) is 0 Å². The SMILES string of the molecule is CC[C@H](NC(=O)c1ccc(Cl)cc1)C(=O)OC. The van der Waals surface area contributed by atoms with Gasteiger partial charge in [0.15, 0.2) is 0 Å². The van der Waals surface area contributed by atoms with Gasteiger partial charge in [0.2, 0.25) is 0 Å². The normalized spacial score (nSPS) is 11.7. The predicted octanol–water partition coefficient (Wildman–Crippen LogP) is 2.02. The lowest BCUT2D eigenvalue weighted by atomic mass is 10.1. The van der Waals surface area contributed by atoms with Crippen LogP contribution < -0.4 is 5.32 Å². The second-order valence-electron chi connectivity index (χ2n) is 3.46. The molecule has 0 unspecified atom stereocenters. The van der Waals surface area contributed by atoms with E-state index in [4.69, 9.17) is 11.6 Å². The van der Waals surface area contributed by atoms with Gasteiger partial charge in [-0.05, 0) is 30.7 Å². The summed E-state index contributed by atoms with van der Waals surface area (Å²) < 4.78 is 4.58. The van der Waals surface area contributed by atoms with Gasteiger partial charge in [0.25, 0.3) is 5.91 Å². The number of carbonyl (C=O) groups excluding carboxylic acids is 2. The summed E-state index contributed by atoms with van der Waals surface area (Å²) in [6.45, 7) is 1.80. The first-order chi connectivity index (χ1) is 8.08. The Bertz CT molecular complexity index is 403. The number of ether oxygens (including phenoxy) is 1. The minimum Gasteiger partial charge on any atom is -0.467 e. The zero-order valence-electron chi connectivity index (χ0n) is 9.70. The van der Waals surface area contributed by atoms with Crippen LogP contribution >= 0.6 is 11.6 Å². The Kier molecular flexibility index (Phi) is 4.97. The van der Waals surface area contributed by atoms with Crippen molar-refractivity contribution in [3.05, 3.63) is 34.9 Å². The van der Waals surface area contributed by atoms with Crippen LogP contribution in [0.25, 0.3) is 0 Å². The molecule has 0 saturated heterocycles. The predicted molar refractivity (Wildman–Crippen MR) is 65.0 cm³/mol. The highest BCUT2D eigenvalue weighted by molar-refractivity contribution is 6.30. The summed E-state index contributed by atoms with van der Waals surface area (Å²) in [5.74, 6) is -0.770. The van der Waals surface area contributed by atoms with Crippen molar-refractivity contribution in [1.82, 2.24) is 5.32 Å². The smallest absolute Gasteiger partial charge is 0.328 e. The van der Waals surface area contributed by atoms with Crippen molar-refractivity contribution in [2.24, 2.45) is 0 Å². The molecule has 1 N–H and O–H groups in total. The van der Waals surface area contributed by atoms with Crippen molar-refractivity contribution < 1.29 is 14.3 Å². The average Bonchev–Trinajstić information content (AvgIpc) is 2.35. The molecule has 4 nitrogen and oxygen atoms in total. The topological polar surface area (TPSA) is 55.4 Å². The summed E-state index contributed by atoms with van der Waals surface area (Å²) >= 11 is 5.72. The zero-order chi connectivity index (χ0) is 12.8. The molecule has 0 aromatic heterocycles. The summed E-state index contributed by atoms with van der Waals surface area (Å²) in [4.78, 5) is 23.1. The van der Waals surface area contributed by atoms with Crippen molar-refractivity contribution in [1.29, 1.82) is 0 Å². The largest absolute Gasteiger partial charge is 0.467 e. The van der Waals surface area contributed by atoms with Gasteiger partial charge in [0.05, 0.1) is 7.11 Å². The first kappa shape index (κ1) is 13.5. The molecule has 5 heteroatoms. The van der Waals surface area contributed by atoms with E-state index < -0.39 is 12.0 Å². The number of hydrogen-bond donors (Lipinski definition) is 1. The molecular formula is C12H14ClNO3. The van der Waals surface area contributed by atoms with Crippen LogP contribution in [0.1, 0.15) is 23.7 Å². The van der Waals surface area contributed by atoms with Crippen molar-refractivity contribution in [2.75, 3.05) is 7.11 Å². The van der Waals surface area contributed by atoms with E-state index in [0.717, 1.165) is 0 Å². The van der Waals surface area contributed by atoms with E-state index in [1.807, 2.05) is 0 Å². The standard InChI is InChI=1S/C12H14ClNO3/c1-3-10(12(16)17-2)14-11(15)8-4-6-9(13)7-5-8/h4-7,10H,3H2,1-2H3,(H,14,15)/t10-/m0/s1. The molecule has 17 heavy (non-hydrogen) atoms. The van der Waals surface area contributed by atoms with Crippen LogP contribution in [-0.2, 0) is 9.53 Å². The lowest BCUT2D eigenvalue weighted by molar-refractivity contribution is -0.142. The van der Waals surface area contributed by atoms with Crippen LogP contribution in [-0.4, -0.2) is 25.0 Å². The minimum absolute atomic E-state index is 0.320. The van der Waals surface area contributed by atoms with Crippen LogP contribution in [0.15, 0.2) is 24.3 Å². The fraction of sp³-hybridized carbons (Fsp3) is 0.333. The van der Waals surface area contributed by atoms with Crippen molar-refractivity contribution in [3.8, 4) is 0 Å². The third-order valence-corrected chi connectivity index (χ3v) is 2.56. The molecule has 0 saturated carbocycles. The summed E-state index contributed by atoms with van der Waals surface area (Å²) in [6, 6.07) is 5.82. The van der Waals surface area contributed by atoms with E-state index in [-0.39, 0.29) is 5.91 Å². The lowest BCUT2D eigenvalue weighted by Gasteiger charge is -2.14. The van der Waals surface area contributed by atoms with Crippen molar-refractivity contribution in [2.45, 2.75) is 19.4 Å². The first-order valence-electron chi connectivity index (χ1n) is 5.22. The maximum Gasteiger partial charge on any atom is 0.328 e. The molecule has 0 aliphatic rings. The molecule has 0 bridgehead atoms. The number of hydrogen-bond acceptors (Lipinski definition) is 3. The fourth-order valence-corrected chi connectivity index (χ4v) is 1.44. The quantitative estimate of drug-likeness (QED) is 0.838. The number of esters is 1. The summed E-state index contributed by atoms with van der Waals surface area (Å²) in [7, 11) is 1.29.